The molecule has 8 heteroatoms. The average molecular weight is 240 g/mol. The summed E-state index contributed by atoms with van der Waals surface area (Å²) >= 11 is 0. The van der Waals surface area contributed by atoms with E-state index in [1.807, 2.05) is 0 Å². The smallest absolute Gasteiger partial charge is 0.423 e. The molecular weight excluding hydrogens is 234 g/mol. The quantitative estimate of drug-likeness (QED) is 0.598. The lowest BCUT2D eigenvalue weighted by molar-refractivity contribution is -0.289. The van der Waals surface area contributed by atoms with Crippen LogP contribution in [0.15, 0.2) is 24.3 Å². The normalized spacial score (nSPS) is 12.7. The molecule has 2 N–H and O–H groups in total. The molecule has 0 bridgehead atoms. The molecule has 1 rings (SSSR count). The molecule has 0 fully saturated rings. The van der Waals surface area contributed by atoms with E-state index in [2.05, 4.69) is 0 Å². The third-order valence-electron chi connectivity index (χ3n) is 1.93. The van der Waals surface area contributed by atoms with Crippen molar-refractivity contribution in [2.45, 2.75) is 12.1 Å². The van der Waals surface area contributed by atoms with Crippen LogP contribution in [0.4, 0.5) is 22.0 Å². The second kappa shape index (κ2) is 4.02. The fourth-order valence-electron chi connectivity index (χ4n) is 1.03. The molecule has 0 radical (unpaired) electrons. The van der Waals surface area contributed by atoms with Crippen molar-refractivity contribution in [1.82, 2.24) is 0 Å². The molecule has 0 heterocycles. The van der Waals surface area contributed by atoms with Gasteiger partial charge in [-0.1, -0.05) is 24.3 Å². The number of benzene rings is 1. The van der Waals surface area contributed by atoms with Crippen LogP contribution in [0.2, 0.25) is 0 Å². The summed E-state index contributed by atoms with van der Waals surface area (Å²) in [6, 6.07) is 2.59. The Kier molecular flexibility index (Phi) is 3.25. The predicted molar refractivity (Wildman–Crippen MR) is 46.2 cm³/mol. The van der Waals surface area contributed by atoms with Crippen LogP contribution in [-0.2, 0) is 5.92 Å². The van der Waals surface area contributed by atoms with Crippen LogP contribution in [0.3, 0.4) is 0 Å². The molecule has 0 aromatic heterocycles. The highest BCUT2D eigenvalue weighted by Gasteiger charge is 2.58. The summed E-state index contributed by atoms with van der Waals surface area (Å²) in [6.07, 6.45) is -5.67. The van der Waals surface area contributed by atoms with Gasteiger partial charge in [0.25, 0.3) is 0 Å². The third-order valence-corrected chi connectivity index (χ3v) is 1.93. The second-order valence-corrected chi connectivity index (χ2v) is 3.07. The van der Waals surface area contributed by atoms with Crippen molar-refractivity contribution in [3.63, 3.8) is 0 Å². The Bertz CT molecular complexity index is 360. The zero-order valence-electron chi connectivity index (χ0n) is 7.67. The zero-order valence-corrected chi connectivity index (χ0v) is 7.67. The summed E-state index contributed by atoms with van der Waals surface area (Å²) < 4.78 is 61.3. The highest BCUT2D eigenvalue weighted by atomic mass is 19.4. The third kappa shape index (κ3) is 2.33. The van der Waals surface area contributed by atoms with Crippen LogP contribution in [0.1, 0.15) is 5.56 Å². The fraction of sp³-hybridized carbons (Fsp3) is 0.250. The minimum absolute atomic E-state index is 0.165. The van der Waals surface area contributed by atoms with Crippen molar-refractivity contribution in [1.29, 1.82) is 0 Å². The van der Waals surface area contributed by atoms with Crippen LogP contribution < -0.4 is 5.46 Å². The van der Waals surface area contributed by atoms with Gasteiger partial charge in [0, 0.05) is 5.56 Å². The van der Waals surface area contributed by atoms with Crippen LogP contribution in [0.5, 0.6) is 0 Å². The molecule has 0 aliphatic carbocycles. The van der Waals surface area contributed by atoms with E-state index in [0.717, 1.165) is 12.1 Å². The van der Waals surface area contributed by atoms with Gasteiger partial charge in [-0.15, -0.1) is 0 Å². The SMILES string of the molecule is OB(O)c1ccc(C(F)(F)C(F)(F)F)cc1. The van der Waals surface area contributed by atoms with Crippen LogP contribution >= 0.6 is 0 Å². The number of alkyl halides is 5. The molecule has 0 unspecified atom stereocenters. The Balaban J connectivity index is 3.07. The highest BCUT2D eigenvalue weighted by molar-refractivity contribution is 6.58. The van der Waals surface area contributed by atoms with Gasteiger partial charge in [0.05, 0.1) is 0 Å². The van der Waals surface area contributed by atoms with Gasteiger partial charge in [-0.05, 0) is 5.46 Å². The first-order valence-corrected chi connectivity index (χ1v) is 4.07. The lowest BCUT2D eigenvalue weighted by atomic mass is 9.80. The maximum atomic E-state index is 12.7. The van der Waals surface area contributed by atoms with E-state index < -0.39 is 24.8 Å². The minimum Gasteiger partial charge on any atom is -0.423 e. The van der Waals surface area contributed by atoms with E-state index in [4.69, 9.17) is 10.0 Å². The van der Waals surface area contributed by atoms with Crippen molar-refractivity contribution in [2.75, 3.05) is 0 Å². The van der Waals surface area contributed by atoms with E-state index >= 15 is 0 Å². The van der Waals surface area contributed by atoms with Gasteiger partial charge in [0.1, 0.15) is 0 Å². The number of rotatable bonds is 2. The van der Waals surface area contributed by atoms with Crippen molar-refractivity contribution < 1.29 is 32.0 Å². The molecule has 0 spiro atoms. The summed E-state index contributed by atoms with van der Waals surface area (Å²) in [5, 5.41) is 17.2. The molecule has 0 atom stereocenters. The molecule has 1 aromatic carbocycles. The summed E-state index contributed by atoms with van der Waals surface area (Å²) in [5.74, 6) is -4.95. The maximum Gasteiger partial charge on any atom is 0.488 e. The molecule has 0 aliphatic heterocycles. The van der Waals surface area contributed by atoms with Gasteiger partial charge in [-0.25, -0.2) is 0 Å². The Hall–Kier alpha value is -1.15. The van der Waals surface area contributed by atoms with Crippen molar-refractivity contribution >= 4 is 12.6 Å². The van der Waals surface area contributed by atoms with Crippen LogP contribution in [-0.4, -0.2) is 23.3 Å². The van der Waals surface area contributed by atoms with E-state index in [1.54, 1.807) is 0 Å². The summed E-state index contributed by atoms with van der Waals surface area (Å²) in [7, 11) is -1.91. The first-order valence-electron chi connectivity index (χ1n) is 4.07. The second-order valence-electron chi connectivity index (χ2n) is 3.07. The first kappa shape index (κ1) is 12.9. The molecule has 16 heavy (non-hydrogen) atoms. The number of halogens is 5. The Morgan fingerprint density at radius 2 is 1.31 bits per heavy atom. The largest absolute Gasteiger partial charge is 0.488 e. The van der Waals surface area contributed by atoms with Gasteiger partial charge in [0.15, 0.2) is 0 Å². The minimum atomic E-state index is -5.67. The summed E-state index contributed by atoms with van der Waals surface area (Å²) in [4.78, 5) is 0. The lowest BCUT2D eigenvalue weighted by Gasteiger charge is -2.19. The van der Waals surface area contributed by atoms with Gasteiger partial charge >= 0.3 is 19.2 Å². The average Bonchev–Trinajstić information content (AvgIpc) is 2.16. The Morgan fingerprint density at radius 3 is 1.62 bits per heavy atom. The molecule has 0 amide bonds. The van der Waals surface area contributed by atoms with Gasteiger partial charge in [-0.2, -0.15) is 22.0 Å². The molecule has 0 saturated carbocycles. The van der Waals surface area contributed by atoms with E-state index in [9.17, 15) is 22.0 Å². The van der Waals surface area contributed by atoms with Crippen LogP contribution in [0.25, 0.3) is 0 Å². The monoisotopic (exact) mass is 240 g/mol. The van der Waals surface area contributed by atoms with E-state index in [0.29, 0.717) is 12.1 Å². The number of hydrogen-bond donors (Lipinski definition) is 2. The molecule has 2 nitrogen and oxygen atoms in total. The van der Waals surface area contributed by atoms with E-state index in [-0.39, 0.29) is 5.46 Å². The van der Waals surface area contributed by atoms with E-state index in [1.165, 1.54) is 0 Å². The standard InChI is InChI=1S/C8H6BF5O2/c10-7(11,8(12,13)14)5-1-3-6(4-2-5)9(15)16/h1-4,15-16H. The first-order chi connectivity index (χ1) is 7.16. The molecule has 0 saturated heterocycles. The predicted octanol–water partition coefficient (Wildman–Crippen LogP) is 1.02. The molecule has 0 aliphatic rings. The van der Waals surface area contributed by atoms with Gasteiger partial charge in [-0.3, -0.25) is 0 Å². The summed E-state index contributed by atoms with van der Waals surface area (Å²) in [6.45, 7) is 0. The van der Waals surface area contributed by atoms with Crippen LogP contribution in [0, 0.1) is 0 Å². The molecule has 1 aromatic rings. The topological polar surface area (TPSA) is 40.5 Å². The van der Waals surface area contributed by atoms with Crippen molar-refractivity contribution in [3.05, 3.63) is 29.8 Å². The highest BCUT2D eigenvalue weighted by Crippen LogP contribution is 2.43. The Labute approximate surface area is 87.5 Å². The van der Waals surface area contributed by atoms with Crippen molar-refractivity contribution in [3.8, 4) is 0 Å². The molecular formula is C8H6BF5O2. The van der Waals surface area contributed by atoms with Gasteiger partial charge < -0.3 is 10.0 Å². The zero-order chi connectivity index (χ0) is 12.6. The summed E-state index contributed by atoms with van der Waals surface area (Å²) in [5.41, 5.74) is -1.41. The van der Waals surface area contributed by atoms with Gasteiger partial charge in [0.2, 0.25) is 0 Å². The fourth-order valence-corrected chi connectivity index (χ4v) is 1.03. The van der Waals surface area contributed by atoms with Crippen molar-refractivity contribution in [2.24, 2.45) is 0 Å². The number of hydrogen-bond acceptors (Lipinski definition) is 2. The Morgan fingerprint density at radius 1 is 0.875 bits per heavy atom. The molecule has 88 valence electrons. The lowest BCUT2D eigenvalue weighted by Crippen LogP contribution is -2.35. The maximum absolute atomic E-state index is 12.7.